The van der Waals surface area contributed by atoms with Crippen molar-refractivity contribution >= 4 is 11.7 Å². The number of phenols is 1. The Morgan fingerprint density at radius 2 is 2.00 bits per heavy atom. The van der Waals surface area contributed by atoms with Crippen LogP contribution in [-0.2, 0) is 9.53 Å². The second-order valence-corrected chi connectivity index (χ2v) is 3.95. The van der Waals surface area contributed by atoms with E-state index in [1.54, 1.807) is 29.2 Å². The van der Waals surface area contributed by atoms with Crippen molar-refractivity contribution < 1.29 is 14.6 Å². The highest BCUT2D eigenvalue weighted by Gasteiger charge is 2.08. The van der Waals surface area contributed by atoms with E-state index in [4.69, 9.17) is 9.84 Å². The van der Waals surface area contributed by atoms with Gasteiger partial charge in [0.25, 0.3) is 0 Å². The van der Waals surface area contributed by atoms with Crippen LogP contribution in [0.4, 0.5) is 5.69 Å². The van der Waals surface area contributed by atoms with E-state index in [-0.39, 0.29) is 18.3 Å². The van der Waals surface area contributed by atoms with Crippen molar-refractivity contribution in [2.24, 2.45) is 0 Å². The minimum absolute atomic E-state index is 0.215. The summed E-state index contributed by atoms with van der Waals surface area (Å²) in [6.07, 6.45) is 1.91. The van der Waals surface area contributed by atoms with Crippen LogP contribution in [0.3, 0.4) is 0 Å². The number of likely N-dealkylation sites (N-methyl/N-ethyl adjacent to an activating group) is 1. The highest BCUT2D eigenvalue weighted by Crippen LogP contribution is 2.16. The number of nitrogens with zero attached hydrogens (tertiary/aromatic N) is 1. The molecule has 0 unspecified atom stereocenters. The van der Waals surface area contributed by atoms with Gasteiger partial charge in [-0.25, -0.2) is 0 Å². The van der Waals surface area contributed by atoms with Crippen LogP contribution in [0.15, 0.2) is 24.3 Å². The van der Waals surface area contributed by atoms with Crippen molar-refractivity contribution in [3.8, 4) is 5.75 Å². The molecule has 0 aliphatic carbocycles. The lowest BCUT2D eigenvalue weighted by atomic mass is 10.3. The number of ether oxygens (including phenoxy) is 1. The van der Waals surface area contributed by atoms with Gasteiger partial charge >= 0.3 is 5.97 Å². The highest BCUT2D eigenvalue weighted by molar-refractivity contribution is 5.75. The van der Waals surface area contributed by atoms with Crippen LogP contribution < -0.4 is 4.90 Å². The largest absolute Gasteiger partial charge is 0.508 e. The Hall–Kier alpha value is -1.71. The van der Waals surface area contributed by atoms with Crippen LogP contribution in [0.25, 0.3) is 0 Å². The molecule has 0 saturated carbocycles. The zero-order valence-electron chi connectivity index (χ0n) is 10.3. The summed E-state index contributed by atoms with van der Waals surface area (Å²) < 4.78 is 5.07. The predicted octanol–water partition coefficient (Wildman–Crippen LogP) is 2.17. The summed E-state index contributed by atoms with van der Waals surface area (Å²) in [6, 6.07) is 6.70. The van der Waals surface area contributed by atoms with Crippen LogP contribution in [-0.4, -0.2) is 31.3 Å². The molecule has 0 aliphatic heterocycles. The first-order valence-corrected chi connectivity index (χ1v) is 5.79. The Labute approximate surface area is 102 Å². The standard InChI is InChI=1S/C13H19NO3/c1-3-4-9-17-13(16)10-14(2)11-5-7-12(15)8-6-11/h5-8,15H,3-4,9-10H2,1-2H3. The molecular formula is C13H19NO3. The minimum Gasteiger partial charge on any atom is -0.508 e. The molecule has 0 heterocycles. The Kier molecular flexibility index (Phi) is 5.33. The first kappa shape index (κ1) is 13.4. The number of phenolic OH excluding ortho intramolecular Hbond substituents is 1. The molecule has 1 aromatic rings. The molecule has 0 radical (unpaired) electrons. The van der Waals surface area contributed by atoms with Gasteiger partial charge in [0, 0.05) is 12.7 Å². The minimum atomic E-state index is -0.228. The fourth-order valence-corrected chi connectivity index (χ4v) is 1.37. The Bertz CT molecular complexity index is 348. The van der Waals surface area contributed by atoms with E-state index in [0.29, 0.717) is 6.61 Å². The van der Waals surface area contributed by atoms with Gasteiger partial charge in [0.15, 0.2) is 0 Å². The van der Waals surface area contributed by atoms with Crippen LogP contribution in [0.1, 0.15) is 19.8 Å². The van der Waals surface area contributed by atoms with E-state index >= 15 is 0 Å². The molecule has 0 saturated heterocycles. The maximum absolute atomic E-state index is 11.5. The summed E-state index contributed by atoms with van der Waals surface area (Å²) in [6.45, 7) is 2.75. The lowest BCUT2D eigenvalue weighted by Crippen LogP contribution is -2.27. The second-order valence-electron chi connectivity index (χ2n) is 3.95. The monoisotopic (exact) mass is 237 g/mol. The third-order valence-corrected chi connectivity index (χ3v) is 2.42. The van der Waals surface area contributed by atoms with E-state index in [1.165, 1.54) is 0 Å². The van der Waals surface area contributed by atoms with Crippen molar-refractivity contribution in [3.05, 3.63) is 24.3 Å². The topological polar surface area (TPSA) is 49.8 Å². The number of aromatic hydroxyl groups is 1. The molecule has 0 spiro atoms. The zero-order valence-corrected chi connectivity index (χ0v) is 10.3. The average molecular weight is 237 g/mol. The third kappa shape index (κ3) is 4.76. The van der Waals surface area contributed by atoms with Gasteiger partial charge in [-0.3, -0.25) is 4.79 Å². The van der Waals surface area contributed by atoms with Crippen LogP contribution in [0.5, 0.6) is 5.75 Å². The molecule has 0 amide bonds. The molecule has 17 heavy (non-hydrogen) atoms. The molecule has 0 atom stereocenters. The summed E-state index contributed by atoms with van der Waals surface area (Å²) in [7, 11) is 1.81. The number of carbonyl (C=O) groups excluding carboxylic acids is 1. The third-order valence-electron chi connectivity index (χ3n) is 2.42. The summed E-state index contributed by atoms with van der Waals surface area (Å²) in [5.41, 5.74) is 0.871. The van der Waals surface area contributed by atoms with E-state index in [2.05, 4.69) is 6.92 Å². The van der Waals surface area contributed by atoms with Crippen molar-refractivity contribution in [2.45, 2.75) is 19.8 Å². The van der Waals surface area contributed by atoms with E-state index in [1.807, 2.05) is 7.05 Å². The van der Waals surface area contributed by atoms with Gasteiger partial charge in [-0.15, -0.1) is 0 Å². The number of esters is 1. The van der Waals surface area contributed by atoms with Crippen molar-refractivity contribution in [3.63, 3.8) is 0 Å². The maximum atomic E-state index is 11.5. The first-order chi connectivity index (χ1) is 8.13. The molecular weight excluding hydrogens is 218 g/mol. The maximum Gasteiger partial charge on any atom is 0.325 e. The van der Waals surface area contributed by atoms with E-state index in [0.717, 1.165) is 18.5 Å². The summed E-state index contributed by atoms with van der Waals surface area (Å²) in [5.74, 6) is -0.0123. The molecule has 0 fully saturated rings. The first-order valence-electron chi connectivity index (χ1n) is 5.79. The van der Waals surface area contributed by atoms with Gasteiger partial charge < -0.3 is 14.7 Å². The molecule has 4 nitrogen and oxygen atoms in total. The fraction of sp³-hybridized carbons (Fsp3) is 0.462. The lowest BCUT2D eigenvalue weighted by molar-refractivity contribution is -0.142. The number of anilines is 1. The molecule has 0 aromatic heterocycles. The van der Waals surface area contributed by atoms with E-state index in [9.17, 15) is 4.79 Å². The Morgan fingerprint density at radius 3 is 2.59 bits per heavy atom. The molecule has 1 rings (SSSR count). The van der Waals surface area contributed by atoms with Crippen molar-refractivity contribution in [2.75, 3.05) is 25.1 Å². The van der Waals surface area contributed by atoms with Gasteiger partial charge in [-0.1, -0.05) is 13.3 Å². The zero-order chi connectivity index (χ0) is 12.7. The predicted molar refractivity (Wildman–Crippen MR) is 67.2 cm³/mol. The molecule has 4 heteroatoms. The van der Waals surface area contributed by atoms with Crippen LogP contribution in [0, 0.1) is 0 Å². The fourth-order valence-electron chi connectivity index (χ4n) is 1.37. The van der Waals surface area contributed by atoms with Gasteiger partial charge in [0.05, 0.1) is 6.61 Å². The number of carbonyl (C=O) groups is 1. The number of unbranched alkanes of at least 4 members (excludes halogenated alkanes) is 1. The second kappa shape index (κ2) is 6.78. The summed E-state index contributed by atoms with van der Waals surface area (Å²) in [5, 5.41) is 9.15. The molecule has 1 aromatic carbocycles. The SMILES string of the molecule is CCCCOC(=O)CN(C)c1ccc(O)cc1. The lowest BCUT2D eigenvalue weighted by Gasteiger charge is -2.18. The van der Waals surface area contributed by atoms with Crippen LogP contribution >= 0.6 is 0 Å². The Morgan fingerprint density at radius 1 is 1.35 bits per heavy atom. The number of benzene rings is 1. The van der Waals surface area contributed by atoms with Crippen molar-refractivity contribution in [1.82, 2.24) is 0 Å². The van der Waals surface area contributed by atoms with E-state index < -0.39 is 0 Å². The normalized spacial score (nSPS) is 10.0. The van der Waals surface area contributed by atoms with Gasteiger partial charge in [0.1, 0.15) is 12.3 Å². The van der Waals surface area contributed by atoms with Crippen LogP contribution in [0.2, 0.25) is 0 Å². The van der Waals surface area contributed by atoms with Gasteiger partial charge in [-0.05, 0) is 30.7 Å². The van der Waals surface area contributed by atoms with Crippen molar-refractivity contribution in [1.29, 1.82) is 0 Å². The summed E-state index contributed by atoms with van der Waals surface area (Å²) >= 11 is 0. The average Bonchev–Trinajstić information content (AvgIpc) is 2.30. The molecule has 0 bridgehead atoms. The molecule has 94 valence electrons. The van der Waals surface area contributed by atoms with Gasteiger partial charge in [-0.2, -0.15) is 0 Å². The van der Waals surface area contributed by atoms with Gasteiger partial charge in [0.2, 0.25) is 0 Å². The number of hydrogen-bond donors (Lipinski definition) is 1. The Balaban J connectivity index is 2.40. The molecule has 1 N–H and O–H groups in total. The highest BCUT2D eigenvalue weighted by atomic mass is 16.5. The number of hydrogen-bond acceptors (Lipinski definition) is 4. The number of rotatable bonds is 6. The quantitative estimate of drug-likeness (QED) is 0.608. The molecule has 0 aliphatic rings. The summed E-state index contributed by atoms with van der Waals surface area (Å²) in [4.78, 5) is 13.2. The smallest absolute Gasteiger partial charge is 0.325 e.